The second-order valence-corrected chi connectivity index (χ2v) is 6.30. The van der Waals surface area contributed by atoms with E-state index in [0.717, 1.165) is 54.4 Å². The molecule has 1 fully saturated rings. The topological polar surface area (TPSA) is 73.9 Å². The van der Waals surface area contributed by atoms with Gasteiger partial charge in [0.25, 0.3) is 0 Å². The van der Waals surface area contributed by atoms with Crippen molar-refractivity contribution in [3.8, 4) is 0 Å². The predicted molar refractivity (Wildman–Crippen MR) is 93.9 cm³/mol. The van der Waals surface area contributed by atoms with Gasteiger partial charge in [-0.15, -0.1) is 0 Å². The van der Waals surface area contributed by atoms with E-state index in [2.05, 4.69) is 25.2 Å². The van der Waals surface area contributed by atoms with Crippen molar-refractivity contribution in [2.75, 3.05) is 16.8 Å². The summed E-state index contributed by atoms with van der Waals surface area (Å²) in [5.41, 5.74) is 0.599. The number of carbonyl (C=O) groups excluding carboxylic acids is 1. The lowest BCUT2D eigenvalue weighted by Crippen LogP contribution is -2.33. The molecule has 0 bridgehead atoms. The zero-order valence-electron chi connectivity index (χ0n) is 13.9. The molecule has 1 amide bonds. The van der Waals surface area contributed by atoms with Gasteiger partial charge in [-0.25, -0.2) is 18.7 Å². The minimum atomic E-state index is -0.659. The maximum absolute atomic E-state index is 13.7. The number of nitrogens with one attached hydrogen (secondary N) is 2. The number of H-pyrrole nitrogens is 1. The lowest BCUT2D eigenvalue weighted by Gasteiger charge is -2.25. The Morgan fingerprint density at radius 1 is 1.31 bits per heavy atom. The van der Waals surface area contributed by atoms with Gasteiger partial charge in [-0.2, -0.15) is 0 Å². The second-order valence-electron chi connectivity index (χ2n) is 6.30. The van der Waals surface area contributed by atoms with Gasteiger partial charge in [-0.05, 0) is 31.0 Å². The van der Waals surface area contributed by atoms with Crippen LogP contribution in [0, 0.1) is 11.6 Å². The number of carbonyl (C=O) groups is 1. The Hall–Kier alpha value is -3.03. The monoisotopic (exact) mass is 357 g/mol. The van der Waals surface area contributed by atoms with Crippen LogP contribution in [-0.4, -0.2) is 33.4 Å². The fourth-order valence-electron chi connectivity index (χ4n) is 3.42. The summed E-state index contributed by atoms with van der Waals surface area (Å²) < 4.78 is 27.0. The quantitative estimate of drug-likeness (QED) is 0.752. The van der Waals surface area contributed by atoms with Crippen LogP contribution in [0.5, 0.6) is 0 Å². The van der Waals surface area contributed by atoms with Crippen LogP contribution in [0.1, 0.15) is 19.3 Å². The Balaban J connectivity index is 1.51. The summed E-state index contributed by atoms with van der Waals surface area (Å²) in [7, 11) is 0. The van der Waals surface area contributed by atoms with Crippen LogP contribution in [0.2, 0.25) is 0 Å². The minimum absolute atomic E-state index is 0.0559. The molecule has 8 heteroatoms. The lowest BCUT2D eigenvalue weighted by molar-refractivity contribution is -0.116. The van der Waals surface area contributed by atoms with Gasteiger partial charge < -0.3 is 15.2 Å². The van der Waals surface area contributed by atoms with Gasteiger partial charge >= 0.3 is 0 Å². The normalized spacial score (nSPS) is 17.0. The number of hydrogen-bond donors (Lipinski definition) is 2. The van der Waals surface area contributed by atoms with Crippen molar-refractivity contribution < 1.29 is 13.6 Å². The third kappa shape index (κ3) is 3.10. The van der Waals surface area contributed by atoms with Gasteiger partial charge in [0.05, 0.1) is 11.1 Å². The number of halogens is 2. The lowest BCUT2D eigenvalue weighted by atomic mass is 10.1. The summed E-state index contributed by atoms with van der Waals surface area (Å²) in [5.74, 6) is -0.831. The molecular formula is C18H17F2N5O. The number of aromatic nitrogens is 3. The van der Waals surface area contributed by atoms with Crippen LogP contribution in [0.3, 0.4) is 0 Å². The van der Waals surface area contributed by atoms with Crippen molar-refractivity contribution in [1.82, 2.24) is 15.0 Å². The molecule has 2 aromatic heterocycles. The summed E-state index contributed by atoms with van der Waals surface area (Å²) in [6, 6.07) is 4.84. The van der Waals surface area contributed by atoms with Crippen LogP contribution >= 0.6 is 0 Å². The Morgan fingerprint density at radius 3 is 3.08 bits per heavy atom. The third-order valence-electron chi connectivity index (χ3n) is 4.61. The molecule has 4 rings (SSSR count). The van der Waals surface area contributed by atoms with Crippen LogP contribution in [0.15, 0.2) is 36.8 Å². The maximum Gasteiger partial charge on any atom is 0.226 e. The van der Waals surface area contributed by atoms with Gasteiger partial charge in [-0.1, -0.05) is 0 Å². The molecule has 134 valence electrons. The highest BCUT2D eigenvalue weighted by molar-refractivity contribution is 5.92. The average Bonchev–Trinajstić information content (AvgIpc) is 3.27. The van der Waals surface area contributed by atoms with E-state index in [4.69, 9.17) is 0 Å². The average molecular weight is 357 g/mol. The highest BCUT2D eigenvalue weighted by Gasteiger charge is 2.29. The summed E-state index contributed by atoms with van der Waals surface area (Å²) in [6.07, 6.45) is 5.22. The summed E-state index contributed by atoms with van der Waals surface area (Å²) in [6.45, 7) is 0.781. The van der Waals surface area contributed by atoms with Crippen LogP contribution in [0.25, 0.3) is 11.0 Å². The SMILES string of the molecule is O=C(CC1CCCN1c1ncnc2[nH]ccc12)Nc1cc(F)ccc1F. The molecule has 0 saturated carbocycles. The summed E-state index contributed by atoms with van der Waals surface area (Å²) >= 11 is 0. The van der Waals surface area contributed by atoms with E-state index in [-0.39, 0.29) is 24.1 Å². The smallest absolute Gasteiger partial charge is 0.226 e. The number of amides is 1. The molecule has 3 heterocycles. The first-order chi connectivity index (χ1) is 12.6. The molecule has 0 radical (unpaired) electrons. The molecule has 2 N–H and O–H groups in total. The number of rotatable bonds is 4. The van der Waals surface area contributed by atoms with Gasteiger partial charge in [0.2, 0.25) is 5.91 Å². The van der Waals surface area contributed by atoms with E-state index in [1.165, 1.54) is 6.33 Å². The molecule has 26 heavy (non-hydrogen) atoms. The van der Waals surface area contributed by atoms with E-state index in [1.807, 2.05) is 6.07 Å². The Bertz CT molecular complexity index is 958. The second kappa shape index (κ2) is 6.70. The Kier molecular flexibility index (Phi) is 4.24. The van der Waals surface area contributed by atoms with Crippen molar-refractivity contribution in [3.63, 3.8) is 0 Å². The molecule has 1 saturated heterocycles. The van der Waals surface area contributed by atoms with Crippen LogP contribution in [0.4, 0.5) is 20.3 Å². The molecule has 3 aromatic rings. The van der Waals surface area contributed by atoms with E-state index in [9.17, 15) is 13.6 Å². The standard InChI is InChI=1S/C18H17F2N5O/c19-11-3-4-14(20)15(8-11)24-16(26)9-12-2-1-7-25(12)18-13-5-6-21-17(13)22-10-23-18/h3-6,8,10,12H,1-2,7,9H2,(H,24,26)(H,21,22,23). The molecule has 1 unspecified atom stereocenters. The first kappa shape index (κ1) is 16.4. The van der Waals surface area contributed by atoms with Crippen LogP contribution in [-0.2, 0) is 4.79 Å². The first-order valence-corrected chi connectivity index (χ1v) is 8.41. The van der Waals surface area contributed by atoms with Crippen molar-refractivity contribution in [2.45, 2.75) is 25.3 Å². The number of fused-ring (bicyclic) bond motifs is 1. The summed E-state index contributed by atoms with van der Waals surface area (Å²) in [4.78, 5) is 26.1. The van der Waals surface area contributed by atoms with Gasteiger partial charge in [0.15, 0.2) is 0 Å². The highest BCUT2D eigenvalue weighted by atomic mass is 19.1. The first-order valence-electron chi connectivity index (χ1n) is 8.41. The van der Waals surface area contributed by atoms with Crippen molar-refractivity contribution in [1.29, 1.82) is 0 Å². The molecule has 0 spiro atoms. The predicted octanol–water partition coefficient (Wildman–Crippen LogP) is 3.23. The van der Waals surface area contributed by atoms with E-state index < -0.39 is 11.6 Å². The van der Waals surface area contributed by atoms with Crippen molar-refractivity contribution in [2.24, 2.45) is 0 Å². The molecule has 1 aliphatic heterocycles. The maximum atomic E-state index is 13.7. The number of nitrogens with zero attached hydrogens (tertiary/aromatic N) is 3. The Morgan fingerprint density at radius 2 is 2.19 bits per heavy atom. The zero-order chi connectivity index (χ0) is 18.1. The van der Waals surface area contributed by atoms with E-state index in [0.29, 0.717) is 0 Å². The number of anilines is 2. The number of benzene rings is 1. The van der Waals surface area contributed by atoms with Crippen molar-refractivity contribution >= 4 is 28.4 Å². The molecule has 6 nitrogen and oxygen atoms in total. The van der Waals surface area contributed by atoms with Gasteiger partial charge in [0, 0.05) is 31.3 Å². The molecule has 0 aliphatic carbocycles. The largest absolute Gasteiger partial charge is 0.352 e. The van der Waals surface area contributed by atoms with Gasteiger partial charge in [-0.3, -0.25) is 4.79 Å². The fourth-order valence-corrected chi connectivity index (χ4v) is 3.42. The zero-order valence-corrected chi connectivity index (χ0v) is 13.9. The van der Waals surface area contributed by atoms with Crippen LogP contribution < -0.4 is 10.2 Å². The Labute approximate surface area is 148 Å². The van der Waals surface area contributed by atoms with E-state index >= 15 is 0 Å². The molecule has 1 aromatic carbocycles. The minimum Gasteiger partial charge on any atom is -0.352 e. The van der Waals surface area contributed by atoms with Gasteiger partial charge in [0.1, 0.15) is 29.4 Å². The molecular weight excluding hydrogens is 340 g/mol. The molecule has 1 atom stereocenters. The summed E-state index contributed by atoms with van der Waals surface area (Å²) in [5, 5.41) is 3.36. The van der Waals surface area contributed by atoms with Crippen molar-refractivity contribution in [3.05, 3.63) is 48.4 Å². The fraction of sp³-hybridized carbons (Fsp3) is 0.278. The number of hydrogen-bond acceptors (Lipinski definition) is 4. The highest BCUT2D eigenvalue weighted by Crippen LogP contribution is 2.30. The third-order valence-corrected chi connectivity index (χ3v) is 4.61. The number of aromatic amines is 1. The van der Waals surface area contributed by atoms with E-state index in [1.54, 1.807) is 6.20 Å². The molecule has 1 aliphatic rings.